The Kier molecular flexibility index (Phi) is 1.69. The van der Waals surface area contributed by atoms with Gasteiger partial charge in [-0.1, -0.05) is 13.8 Å². The molecular weight excluding hydrogens is 198 g/mol. The molecule has 2 aromatic rings. The van der Waals surface area contributed by atoms with E-state index in [1.54, 1.807) is 12.3 Å². The molecule has 3 heteroatoms. The topological polar surface area (TPSA) is 30.7 Å². The van der Waals surface area contributed by atoms with E-state index in [2.05, 4.69) is 28.6 Å². The van der Waals surface area contributed by atoms with Crippen molar-refractivity contribution in [3.8, 4) is 11.1 Å². The minimum absolute atomic E-state index is 0.287. The van der Waals surface area contributed by atoms with Crippen LogP contribution in [0.25, 0.3) is 11.1 Å². The van der Waals surface area contributed by atoms with E-state index >= 15 is 0 Å². The summed E-state index contributed by atoms with van der Waals surface area (Å²) in [5.74, 6) is 0. The Morgan fingerprint density at radius 1 is 1.44 bits per heavy atom. The molecule has 3 rings (SSSR count). The number of hydrogen-bond acceptors (Lipinski definition) is 2. The van der Waals surface area contributed by atoms with Crippen molar-refractivity contribution >= 4 is 0 Å². The van der Waals surface area contributed by atoms with Gasteiger partial charge in [0.15, 0.2) is 0 Å². The highest BCUT2D eigenvalue weighted by Crippen LogP contribution is 2.36. The summed E-state index contributed by atoms with van der Waals surface area (Å²) in [6, 6.07) is 3.74. The van der Waals surface area contributed by atoms with Crippen LogP contribution in [-0.4, -0.2) is 14.8 Å². The van der Waals surface area contributed by atoms with E-state index in [4.69, 9.17) is 1.37 Å². The third kappa shape index (κ3) is 1.43. The Balaban J connectivity index is 2.07. The molecule has 3 nitrogen and oxygen atoms in total. The number of fused-ring (bicyclic) bond motifs is 1. The maximum absolute atomic E-state index is 7.57. The number of pyridine rings is 1. The zero-order valence-corrected chi connectivity index (χ0v) is 9.57. The summed E-state index contributed by atoms with van der Waals surface area (Å²) in [5, 5.41) is 4.43. The van der Waals surface area contributed by atoms with Crippen LogP contribution in [0.1, 0.15) is 20.9 Å². The van der Waals surface area contributed by atoms with Crippen LogP contribution >= 0.6 is 0 Å². The van der Waals surface area contributed by atoms with Crippen molar-refractivity contribution in [3.63, 3.8) is 0 Å². The summed E-state index contributed by atoms with van der Waals surface area (Å²) < 4.78 is 9.66. The molecule has 2 aromatic heterocycles. The molecule has 0 N–H and O–H groups in total. The monoisotopic (exact) mass is 214 g/mol. The zero-order valence-electron chi connectivity index (χ0n) is 10.6. The molecule has 1 aliphatic rings. The molecule has 0 atom stereocenters. The van der Waals surface area contributed by atoms with Gasteiger partial charge < -0.3 is 0 Å². The van der Waals surface area contributed by atoms with Crippen LogP contribution in [-0.2, 0) is 13.0 Å². The highest BCUT2D eigenvalue weighted by atomic mass is 15.3. The van der Waals surface area contributed by atoms with E-state index in [1.807, 2.05) is 12.3 Å². The molecule has 0 bridgehead atoms. The number of hydrogen-bond donors (Lipinski definition) is 0. The molecule has 0 radical (unpaired) electrons. The van der Waals surface area contributed by atoms with E-state index < -0.39 is 0 Å². The first kappa shape index (κ1) is 8.50. The summed E-state index contributed by atoms with van der Waals surface area (Å²) in [5.41, 5.74) is 3.76. The molecule has 0 spiro atoms. The first-order valence-corrected chi connectivity index (χ1v) is 5.53. The second-order valence-electron chi connectivity index (χ2n) is 5.18. The van der Waals surface area contributed by atoms with Crippen LogP contribution < -0.4 is 0 Å². The van der Waals surface area contributed by atoms with E-state index in [-0.39, 0.29) is 5.41 Å². The second-order valence-corrected chi connectivity index (χ2v) is 5.18. The van der Waals surface area contributed by atoms with Gasteiger partial charge >= 0.3 is 0 Å². The predicted octanol–water partition coefficient (Wildman–Crippen LogP) is 2.53. The molecule has 3 heterocycles. The van der Waals surface area contributed by atoms with Gasteiger partial charge in [0.05, 0.1) is 7.57 Å². The Morgan fingerprint density at radius 3 is 3.12 bits per heavy atom. The first-order valence-electron chi connectivity index (χ1n) is 6.03. The second kappa shape index (κ2) is 3.17. The molecule has 0 aliphatic carbocycles. The van der Waals surface area contributed by atoms with Gasteiger partial charge in [0.2, 0.25) is 0 Å². The molecule has 0 saturated carbocycles. The average molecular weight is 214 g/mol. The normalized spacial score (nSPS) is 18.2. The Labute approximate surface area is 96.5 Å². The van der Waals surface area contributed by atoms with Crippen molar-refractivity contribution in [1.82, 2.24) is 14.8 Å². The first-order chi connectivity index (χ1) is 8.05. The molecule has 0 fully saturated rings. The van der Waals surface area contributed by atoms with Crippen LogP contribution in [0.15, 0.2) is 30.7 Å². The summed E-state index contributed by atoms with van der Waals surface area (Å²) in [4.78, 5) is 3.91. The van der Waals surface area contributed by atoms with Gasteiger partial charge in [0.1, 0.15) is 0 Å². The van der Waals surface area contributed by atoms with Crippen LogP contribution in [0, 0.1) is 5.41 Å². The van der Waals surface area contributed by atoms with E-state index in [1.165, 1.54) is 5.69 Å². The fraction of sp³-hybridized carbons (Fsp3) is 0.385. The standard InChI is InChI=1S/C13H15N3/c1-13(2)7-12-11(8-15-16(12)9-13)10-3-5-14-6-4-10/h3-6,8H,7,9H2,1-2H3/i5D. The number of nitrogens with zero attached hydrogens (tertiary/aromatic N) is 3. The van der Waals surface area contributed by atoms with Crippen molar-refractivity contribution in [1.29, 1.82) is 0 Å². The zero-order chi connectivity index (χ0) is 12.0. The summed E-state index contributed by atoms with van der Waals surface area (Å²) in [6.45, 7) is 5.49. The Hall–Kier alpha value is -1.64. The fourth-order valence-electron chi connectivity index (χ4n) is 2.37. The van der Waals surface area contributed by atoms with Crippen molar-refractivity contribution in [3.05, 3.63) is 36.4 Å². The Bertz CT molecular complexity index is 572. The maximum atomic E-state index is 7.57. The molecule has 0 amide bonds. The Morgan fingerprint density at radius 2 is 2.31 bits per heavy atom. The molecule has 0 saturated heterocycles. The van der Waals surface area contributed by atoms with Crippen molar-refractivity contribution in [2.75, 3.05) is 0 Å². The molecule has 0 aromatic carbocycles. The van der Waals surface area contributed by atoms with Crippen LogP contribution in [0.3, 0.4) is 0 Å². The highest BCUT2D eigenvalue weighted by molar-refractivity contribution is 5.65. The quantitative estimate of drug-likeness (QED) is 0.730. The average Bonchev–Trinajstić information content (AvgIpc) is 2.72. The summed E-state index contributed by atoms with van der Waals surface area (Å²) in [7, 11) is 0. The molecule has 1 aliphatic heterocycles. The lowest BCUT2D eigenvalue weighted by Gasteiger charge is -2.14. The number of rotatable bonds is 1. The van der Waals surface area contributed by atoms with Gasteiger partial charge in [-0.05, 0) is 29.5 Å². The minimum Gasteiger partial charge on any atom is -0.268 e. The lowest BCUT2D eigenvalue weighted by atomic mass is 9.90. The molecule has 82 valence electrons. The maximum Gasteiger partial charge on any atom is 0.0840 e. The van der Waals surface area contributed by atoms with Gasteiger partial charge in [-0.25, -0.2) is 0 Å². The minimum atomic E-state index is 0.287. The van der Waals surface area contributed by atoms with Crippen LogP contribution in [0.2, 0.25) is 0 Å². The summed E-state index contributed by atoms with van der Waals surface area (Å²) in [6.07, 6.45) is 4.93. The fourth-order valence-corrected chi connectivity index (χ4v) is 2.37. The molecule has 0 unspecified atom stereocenters. The van der Waals surface area contributed by atoms with E-state index in [0.29, 0.717) is 6.17 Å². The van der Waals surface area contributed by atoms with Gasteiger partial charge in [-0.15, -0.1) is 0 Å². The predicted molar refractivity (Wildman–Crippen MR) is 62.9 cm³/mol. The van der Waals surface area contributed by atoms with Gasteiger partial charge in [-0.2, -0.15) is 5.10 Å². The van der Waals surface area contributed by atoms with Crippen LogP contribution in [0.4, 0.5) is 0 Å². The van der Waals surface area contributed by atoms with Crippen molar-refractivity contribution in [2.45, 2.75) is 26.8 Å². The molecular formula is C13H15N3. The van der Waals surface area contributed by atoms with Crippen LogP contribution in [0.5, 0.6) is 0 Å². The van der Waals surface area contributed by atoms with E-state index in [9.17, 15) is 0 Å². The van der Waals surface area contributed by atoms with Crippen molar-refractivity contribution < 1.29 is 1.37 Å². The lowest BCUT2D eigenvalue weighted by Crippen LogP contribution is -2.12. The van der Waals surface area contributed by atoms with Gasteiger partial charge in [-0.3, -0.25) is 9.67 Å². The van der Waals surface area contributed by atoms with Gasteiger partial charge in [0, 0.05) is 30.2 Å². The van der Waals surface area contributed by atoms with Gasteiger partial charge in [0.25, 0.3) is 0 Å². The molecule has 16 heavy (non-hydrogen) atoms. The smallest absolute Gasteiger partial charge is 0.0840 e. The summed E-state index contributed by atoms with van der Waals surface area (Å²) >= 11 is 0. The number of aromatic nitrogens is 3. The highest BCUT2D eigenvalue weighted by Gasteiger charge is 2.31. The third-order valence-electron chi connectivity index (χ3n) is 3.11. The lowest BCUT2D eigenvalue weighted by molar-refractivity contribution is 0.347. The SMILES string of the molecule is [2H]c1cc(-c2cnn3c2CC(C)(C)C3)ccn1. The van der Waals surface area contributed by atoms with Crippen molar-refractivity contribution in [2.24, 2.45) is 5.41 Å². The largest absolute Gasteiger partial charge is 0.268 e. The third-order valence-corrected chi connectivity index (χ3v) is 3.11. The van der Waals surface area contributed by atoms with E-state index in [0.717, 1.165) is 24.1 Å².